The zero-order chi connectivity index (χ0) is 16.1. The van der Waals surface area contributed by atoms with E-state index in [0.717, 1.165) is 23.4 Å². The van der Waals surface area contributed by atoms with Crippen LogP contribution in [0.2, 0.25) is 0 Å². The van der Waals surface area contributed by atoms with Crippen molar-refractivity contribution in [2.24, 2.45) is 0 Å². The monoisotopic (exact) mass is 349 g/mol. The smallest absolute Gasteiger partial charge is 0.122 e. The molecule has 0 unspecified atom stereocenters. The molecule has 0 amide bonds. The molecule has 1 fully saturated rings. The van der Waals surface area contributed by atoms with Gasteiger partial charge in [0.05, 0.1) is 13.7 Å². The highest BCUT2D eigenvalue weighted by atomic mass is 35.5. The molecule has 0 aliphatic carbocycles. The minimum absolute atomic E-state index is 0. The van der Waals surface area contributed by atoms with Gasteiger partial charge in [0.25, 0.3) is 0 Å². The average Bonchev–Trinajstić information content (AvgIpc) is 2.63. The van der Waals surface area contributed by atoms with Crippen molar-refractivity contribution in [3.63, 3.8) is 0 Å². The number of rotatable bonds is 5. The van der Waals surface area contributed by atoms with Gasteiger partial charge in [-0.05, 0) is 17.2 Å². The van der Waals surface area contributed by atoms with Crippen molar-refractivity contribution in [1.82, 2.24) is 5.32 Å². The molecule has 5 heteroatoms. The highest BCUT2D eigenvalue weighted by molar-refractivity contribution is 5.85. The van der Waals surface area contributed by atoms with Crippen LogP contribution in [-0.2, 0) is 16.8 Å². The van der Waals surface area contributed by atoms with E-state index in [-0.39, 0.29) is 18.5 Å². The molecule has 4 nitrogen and oxygen atoms in total. The summed E-state index contributed by atoms with van der Waals surface area (Å²) in [5, 5.41) is 14.9. The number of nitrogens with one attached hydrogen (secondary N) is 1. The number of hydrogen-bond acceptors (Lipinski definition) is 4. The van der Waals surface area contributed by atoms with E-state index in [0.29, 0.717) is 19.6 Å². The summed E-state index contributed by atoms with van der Waals surface area (Å²) in [5.41, 5.74) is 0.721. The number of ether oxygens (including phenoxy) is 2. The number of hydrogen-bond donors (Lipinski definition) is 2. The molecule has 2 aromatic rings. The van der Waals surface area contributed by atoms with Crippen LogP contribution >= 0.6 is 12.4 Å². The van der Waals surface area contributed by atoms with Crippen molar-refractivity contribution in [2.75, 3.05) is 26.8 Å². The molecule has 1 saturated heterocycles. The highest BCUT2D eigenvalue weighted by Crippen LogP contribution is 2.34. The van der Waals surface area contributed by atoms with Crippen LogP contribution in [0.5, 0.6) is 5.75 Å². The van der Waals surface area contributed by atoms with Crippen LogP contribution in [0.1, 0.15) is 11.1 Å². The molecule has 2 aromatic carbocycles. The average molecular weight is 350 g/mol. The van der Waals surface area contributed by atoms with Gasteiger partial charge in [-0.2, -0.15) is 0 Å². The second-order valence-corrected chi connectivity index (χ2v) is 5.84. The van der Waals surface area contributed by atoms with Gasteiger partial charge in [-0.3, -0.25) is 0 Å². The number of halogens is 1. The van der Waals surface area contributed by atoms with Crippen molar-refractivity contribution in [2.45, 2.75) is 18.1 Å². The van der Waals surface area contributed by atoms with E-state index in [1.807, 2.05) is 54.6 Å². The zero-order valence-electron chi connectivity index (χ0n) is 13.8. The first-order chi connectivity index (χ1) is 11.2. The Labute approximate surface area is 149 Å². The van der Waals surface area contributed by atoms with Crippen LogP contribution in [-0.4, -0.2) is 38.0 Å². The van der Waals surface area contributed by atoms with E-state index in [1.165, 1.54) is 0 Å². The van der Waals surface area contributed by atoms with Gasteiger partial charge in [0, 0.05) is 19.5 Å². The molecule has 130 valence electrons. The first-order valence-electron chi connectivity index (χ1n) is 7.96. The lowest BCUT2D eigenvalue weighted by atomic mass is 9.81. The third kappa shape index (κ3) is 3.90. The minimum atomic E-state index is -1.11. The molecular weight excluding hydrogens is 326 g/mol. The fraction of sp³-hybridized carbons (Fsp3) is 0.368. The third-order valence-electron chi connectivity index (χ3n) is 4.39. The molecule has 0 saturated carbocycles. The maximum Gasteiger partial charge on any atom is 0.122 e. The minimum Gasteiger partial charge on any atom is -0.496 e. The Morgan fingerprint density at radius 2 is 1.88 bits per heavy atom. The standard InChI is InChI=1S/C19H23NO3.ClH/c1-22-17-10-6-5-7-15(17)13-19(21,16-8-3-2-4-9-16)18-14-20-11-12-23-18;/h2-10,18,20-21H,11-14H2,1H3;1H/t18-,19+;/m1./s1. The predicted molar refractivity (Wildman–Crippen MR) is 96.9 cm³/mol. The Balaban J connectivity index is 0.00000208. The van der Waals surface area contributed by atoms with Gasteiger partial charge in [0.15, 0.2) is 0 Å². The van der Waals surface area contributed by atoms with Gasteiger partial charge in [0.2, 0.25) is 0 Å². The molecule has 1 heterocycles. The lowest BCUT2D eigenvalue weighted by Crippen LogP contribution is -2.52. The maximum atomic E-state index is 11.6. The Bertz CT molecular complexity index is 632. The van der Waals surface area contributed by atoms with Crippen LogP contribution in [0.15, 0.2) is 54.6 Å². The predicted octanol–water partition coefficient (Wildman–Crippen LogP) is 2.54. The van der Waals surface area contributed by atoms with Crippen molar-refractivity contribution >= 4 is 12.4 Å². The van der Waals surface area contributed by atoms with Gasteiger partial charge in [-0.1, -0.05) is 48.5 Å². The lowest BCUT2D eigenvalue weighted by molar-refractivity contribution is -0.124. The SMILES string of the molecule is COc1ccccc1C[C@](O)(c1ccccc1)[C@H]1CNCCO1.Cl. The molecule has 1 aliphatic rings. The summed E-state index contributed by atoms with van der Waals surface area (Å²) in [5.74, 6) is 0.783. The Hall–Kier alpha value is -1.59. The Kier molecular flexibility index (Phi) is 6.63. The van der Waals surface area contributed by atoms with Crippen LogP contribution in [0.4, 0.5) is 0 Å². The number of benzene rings is 2. The largest absolute Gasteiger partial charge is 0.496 e. The Morgan fingerprint density at radius 1 is 1.17 bits per heavy atom. The van der Waals surface area contributed by atoms with E-state index in [4.69, 9.17) is 9.47 Å². The molecule has 0 bridgehead atoms. The third-order valence-corrected chi connectivity index (χ3v) is 4.39. The summed E-state index contributed by atoms with van der Waals surface area (Å²) in [4.78, 5) is 0. The van der Waals surface area contributed by atoms with Crippen molar-refractivity contribution in [3.05, 3.63) is 65.7 Å². The van der Waals surface area contributed by atoms with Gasteiger partial charge in [0.1, 0.15) is 17.5 Å². The number of morpholine rings is 1. The van der Waals surface area contributed by atoms with Crippen LogP contribution in [0.3, 0.4) is 0 Å². The summed E-state index contributed by atoms with van der Waals surface area (Å²) >= 11 is 0. The summed E-state index contributed by atoms with van der Waals surface area (Å²) in [7, 11) is 1.65. The molecule has 0 aromatic heterocycles. The summed E-state index contributed by atoms with van der Waals surface area (Å²) in [6, 6.07) is 17.5. The molecule has 24 heavy (non-hydrogen) atoms. The van der Waals surface area contributed by atoms with E-state index in [1.54, 1.807) is 7.11 Å². The second kappa shape index (κ2) is 8.49. The Morgan fingerprint density at radius 3 is 2.54 bits per heavy atom. The van der Waals surface area contributed by atoms with Crippen molar-refractivity contribution in [1.29, 1.82) is 0 Å². The second-order valence-electron chi connectivity index (χ2n) is 5.84. The van der Waals surface area contributed by atoms with Gasteiger partial charge in [-0.25, -0.2) is 0 Å². The maximum absolute atomic E-state index is 11.6. The number of methoxy groups -OCH3 is 1. The van der Waals surface area contributed by atoms with E-state index < -0.39 is 5.60 Å². The van der Waals surface area contributed by atoms with Gasteiger partial charge < -0.3 is 19.9 Å². The number of aliphatic hydroxyl groups is 1. The molecule has 0 radical (unpaired) electrons. The van der Waals surface area contributed by atoms with Gasteiger partial charge >= 0.3 is 0 Å². The first kappa shape index (κ1) is 18.7. The molecule has 2 N–H and O–H groups in total. The highest BCUT2D eigenvalue weighted by Gasteiger charge is 2.40. The van der Waals surface area contributed by atoms with Crippen molar-refractivity contribution in [3.8, 4) is 5.75 Å². The summed E-state index contributed by atoms with van der Waals surface area (Å²) < 4.78 is 11.3. The molecular formula is C19H24ClNO3. The van der Waals surface area contributed by atoms with Crippen LogP contribution < -0.4 is 10.1 Å². The topological polar surface area (TPSA) is 50.7 Å². The molecule has 0 spiro atoms. The van der Waals surface area contributed by atoms with Crippen molar-refractivity contribution < 1.29 is 14.6 Å². The summed E-state index contributed by atoms with van der Waals surface area (Å²) in [6.45, 7) is 2.04. The first-order valence-corrected chi connectivity index (χ1v) is 7.96. The quantitative estimate of drug-likeness (QED) is 0.871. The zero-order valence-corrected chi connectivity index (χ0v) is 14.6. The van der Waals surface area contributed by atoms with E-state index in [9.17, 15) is 5.11 Å². The fourth-order valence-corrected chi connectivity index (χ4v) is 3.14. The van der Waals surface area contributed by atoms with Crippen LogP contribution in [0.25, 0.3) is 0 Å². The molecule has 1 aliphatic heterocycles. The normalized spacial score (nSPS) is 19.8. The van der Waals surface area contributed by atoms with Gasteiger partial charge in [-0.15, -0.1) is 12.4 Å². The van der Waals surface area contributed by atoms with Crippen LogP contribution in [0, 0.1) is 0 Å². The fourth-order valence-electron chi connectivity index (χ4n) is 3.14. The molecule has 2 atom stereocenters. The number of para-hydroxylation sites is 1. The van der Waals surface area contributed by atoms with E-state index in [2.05, 4.69) is 5.32 Å². The molecule has 3 rings (SSSR count). The summed E-state index contributed by atoms with van der Waals surface area (Å²) in [6.07, 6.45) is 0.136. The van der Waals surface area contributed by atoms with E-state index >= 15 is 0 Å². The lowest BCUT2D eigenvalue weighted by Gasteiger charge is -2.39.